The highest BCUT2D eigenvalue weighted by Gasteiger charge is 2.38. The van der Waals surface area contributed by atoms with Gasteiger partial charge in [0.05, 0.1) is 24.4 Å². The van der Waals surface area contributed by atoms with Gasteiger partial charge in [0, 0.05) is 37.9 Å². The lowest BCUT2D eigenvalue weighted by atomic mass is 10.1. The van der Waals surface area contributed by atoms with Gasteiger partial charge in [-0.25, -0.2) is 12.7 Å². The van der Waals surface area contributed by atoms with Gasteiger partial charge in [0.15, 0.2) is 0 Å². The quantitative estimate of drug-likeness (QED) is 0.474. The van der Waals surface area contributed by atoms with Crippen LogP contribution in [0.2, 0.25) is 0 Å². The molecule has 0 unspecified atom stereocenters. The van der Waals surface area contributed by atoms with E-state index in [1.165, 1.54) is 4.31 Å². The molecule has 2 aliphatic heterocycles. The van der Waals surface area contributed by atoms with Crippen molar-refractivity contribution in [2.45, 2.75) is 43.8 Å². The van der Waals surface area contributed by atoms with Gasteiger partial charge in [0.25, 0.3) is 5.91 Å². The summed E-state index contributed by atoms with van der Waals surface area (Å²) in [5.41, 5.74) is 2.18. The van der Waals surface area contributed by atoms with E-state index in [0.29, 0.717) is 56.0 Å². The first-order chi connectivity index (χ1) is 17.2. The molecule has 0 bridgehead atoms. The summed E-state index contributed by atoms with van der Waals surface area (Å²) in [4.78, 5) is 15.0. The summed E-state index contributed by atoms with van der Waals surface area (Å²) < 4.78 is 45.5. The maximum absolute atomic E-state index is 13.3. The lowest BCUT2D eigenvalue weighted by molar-refractivity contribution is 0.0339. The Bertz CT molecular complexity index is 1160. The monoisotopic (exact) mass is 580 g/mol. The predicted octanol–water partition coefficient (Wildman–Crippen LogP) is 3.62. The highest BCUT2D eigenvalue weighted by atomic mass is 79.9. The fourth-order valence-electron chi connectivity index (χ4n) is 4.78. The van der Waals surface area contributed by atoms with E-state index in [-0.39, 0.29) is 29.9 Å². The standard InChI is InChI=1S/C26H33BrN2O6S/c1-18-6-4-9-22(27)25(18)26(30)29-15-23(33-3)24(16-29)35-21-8-5-7-19(14-21)17-36(31,32)28(2)20-10-12-34-13-11-20/h4-9,14,20,23-24H,10-13,15-17H2,1-3H3/t23-,24-/m1/s1. The van der Waals surface area contributed by atoms with Crippen molar-refractivity contribution in [1.29, 1.82) is 0 Å². The Morgan fingerprint density at radius 1 is 1.14 bits per heavy atom. The van der Waals surface area contributed by atoms with E-state index in [1.807, 2.05) is 25.1 Å². The summed E-state index contributed by atoms with van der Waals surface area (Å²) in [6.07, 6.45) is 0.725. The molecule has 10 heteroatoms. The van der Waals surface area contributed by atoms with Crippen LogP contribution in [0.3, 0.4) is 0 Å². The SMILES string of the molecule is CO[C@@H]1CN(C(=O)c2c(C)cccc2Br)C[C@H]1Oc1cccc(CS(=O)(=O)N(C)C2CCOCC2)c1. The summed E-state index contributed by atoms with van der Waals surface area (Å²) in [7, 11) is -0.241. The van der Waals surface area contributed by atoms with Crippen LogP contribution in [0.4, 0.5) is 0 Å². The van der Waals surface area contributed by atoms with E-state index in [9.17, 15) is 13.2 Å². The molecule has 36 heavy (non-hydrogen) atoms. The van der Waals surface area contributed by atoms with Gasteiger partial charge in [-0.15, -0.1) is 0 Å². The Labute approximate surface area is 221 Å². The molecule has 2 aromatic carbocycles. The van der Waals surface area contributed by atoms with Gasteiger partial charge in [-0.2, -0.15) is 0 Å². The highest BCUT2D eigenvalue weighted by molar-refractivity contribution is 9.10. The van der Waals surface area contributed by atoms with Gasteiger partial charge < -0.3 is 19.1 Å². The third-order valence-electron chi connectivity index (χ3n) is 6.92. The average Bonchev–Trinajstić information content (AvgIpc) is 3.26. The van der Waals surface area contributed by atoms with Gasteiger partial charge in [-0.1, -0.05) is 24.3 Å². The minimum absolute atomic E-state index is 0.0408. The molecule has 196 valence electrons. The zero-order valence-electron chi connectivity index (χ0n) is 20.9. The fraction of sp³-hybridized carbons (Fsp3) is 0.500. The lowest BCUT2D eigenvalue weighted by Crippen LogP contribution is -2.41. The summed E-state index contributed by atoms with van der Waals surface area (Å²) in [5, 5.41) is 0. The molecular formula is C26H33BrN2O6S. The minimum atomic E-state index is -3.49. The van der Waals surface area contributed by atoms with Crippen LogP contribution in [0.5, 0.6) is 5.75 Å². The Morgan fingerprint density at radius 2 is 1.83 bits per heavy atom. The minimum Gasteiger partial charge on any atom is -0.486 e. The van der Waals surface area contributed by atoms with Gasteiger partial charge in [-0.3, -0.25) is 4.79 Å². The number of ether oxygens (including phenoxy) is 3. The molecule has 2 atom stereocenters. The predicted molar refractivity (Wildman–Crippen MR) is 141 cm³/mol. The fourth-order valence-corrected chi connectivity index (χ4v) is 6.89. The number of methoxy groups -OCH3 is 1. The van der Waals surface area contributed by atoms with Crippen molar-refractivity contribution in [3.05, 3.63) is 63.6 Å². The summed E-state index contributed by atoms with van der Waals surface area (Å²) in [6.45, 7) is 3.85. The maximum atomic E-state index is 13.3. The van der Waals surface area contributed by atoms with E-state index in [1.54, 1.807) is 43.3 Å². The normalized spacial score (nSPS) is 21.2. The molecule has 2 aliphatic rings. The molecule has 0 saturated carbocycles. The molecule has 8 nitrogen and oxygen atoms in total. The molecule has 2 fully saturated rings. The first kappa shape index (κ1) is 27.1. The highest BCUT2D eigenvalue weighted by Crippen LogP contribution is 2.27. The number of halogens is 1. The molecule has 1 amide bonds. The molecule has 4 rings (SSSR count). The first-order valence-corrected chi connectivity index (χ1v) is 14.5. The van der Waals surface area contributed by atoms with Crippen LogP contribution in [0.25, 0.3) is 0 Å². The van der Waals surface area contributed by atoms with Crippen LogP contribution in [-0.4, -0.2) is 82.2 Å². The summed E-state index contributed by atoms with van der Waals surface area (Å²) in [5.74, 6) is 0.362. The summed E-state index contributed by atoms with van der Waals surface area (Å²) in [6, 6.07) is 12.8. The topological polar surface area (TPSA) is 85.4 Å². The van der Waals surface area contributed by atoms with Crippen molar-refractivity contribution in [1.82, 2.24) is 9.21 Å². The molecule has 0 aliphatic carbocycles. The molecule has 2 heterocycles. The maximum Gasteiger partial charge on any atom is 0.255 e. The van der Waals surface area contributed by atoms with Crippen LogP contribution in [-0.2, 0) is 25.2 Å². The van der Waals surface area contributed by atoms with E-state index in [4.69, 9.17) is 14.2 Å². The first-order valence-electron chi connectivity index (χ1n) is 12.1. The van der Waals surface area contributed by atoms with E-state index >= 15 is 0 Å². The Morgan fingerprint density at radius 3 is 2.53 bits per heavy atom. The summed E-state index contributed by atoms with van der Waals surface area (Å²) >= 11 is 3.49. The van der Waals surface area contributed by atoms with Crippen molar-refractivity contribution in [3.8, 4) is 5.75 Å². The van der Waals surface area contributed by atoms with Gasteiger partial charge >= 0.3 is 0 Å². The van der Waals surface area contributed by atoms with E-state index in [0.717, 1.165) is 10.0 Å². The van der Waals surface area contributed by atoms with E-state index in [2.05, 4.69) is 15.9 Å². The largest absolute Gasteiger partial charge is 0.486 e. The zero-order chi connectivity index (χ0) is 25.9. The second-order valence-corrected chi connectivity index (χ2v) is 12.2. The second-order valence-electron chi connectivity index (χ2n) is 9.34. The third-order valence-corrected chi connectivity index (χ3v) is 9.45. The number of carbonyl (C=O) groups is 1. The molecular weight excluding hydrogens is 548 g/mol. The smallest absolute Gasteiger partial charge is 0.255 e. The molecule has 2 saturated heterocycles. The van der Waals surface area contributed by atoms with Crippen LogP contribution in [0, 0.1) is 6.92 Å². The van der Waals surface area contributed by atoms with Gasteiger partial charge in [0.1, 0.15) is 18.0 Å². The van der Waals surface area contributed by atoms with Crippen molar-refractivity contribution >= 4 is 31.9 Å². The second kappa shape index (κ2) is 11.6. The van der Waals surface area contributed by atoms with Crippen LogP contribution >= 0.6 is 15.9 Å². The third kappa shape index (κ3) is 6.11. The Hall–Kier alpha value is -1.98. The number of nitrogens with zero attached hydrogens (tertiary/aromatic N) is 2. The number of amides is 1. The number of likely N-dealkylation sites (tertiary alicyclic amines) is 1. The Balaban J connectivity index is 1.44. The van der Waals surface area contributed by atoms with Crippen LogP contribution in [0.1, 0.15) is 34.3 Å². The molecule has 0 spiro atoms. The zero-order valence-corrected chi connectivity index (χ0v) is 23.3. The number of carbonyl (C=O) groups excluding carboxylic acids is 1. The van der Waals surface area contributed by atoms with Crippen LogP contribution in [0.15, 0.2) is 46.9 Å². The number of benzene rings is 2. The molecule has 0 aromatic heterocycles. The van der Waals surface area contributed by atoms with Crippen molar-refractivity contribution in [2.75, 3.05) is 40.5 Å². The van der Waals surface area contributed by atoms with Crippen molar-refractivity contribution < 1.29 is 27.4 Å². The average molecular weight is 582 g/mol. The molecule has 0 radical (unpaired) electrons. The van der Waals surface area contributed by atoms with Gasteiger partial charge in [-0.05, 0) is 65.0 Å². The van der Waals surface area contributed by atoms with E-state index < -0.39 is 10.0 Å². The number of rotatable bonds is 8. The number of hydrogen-bond donors (Lipinski definition) is 0. The molecule has 2 aromatic rings. The van der Waals surface area contributed by atoms with Crippen molar-refractivity contribution in [2.24, 2.45) is 0 Å². The number of sulfonamides is 1. The lowest BCUT2D eigenvalue weighted by Gasteiger charge is -2.30. The number of aryl methyl sites for hydroxylation is 1. The molecule has 0 N–H and O–H groups in total. The number of hydrogen-bond acceptors (Lipinski definition) is 6. The Kier molecular flexibility index (Phi) is 8.72. The van der Waals surface area contributed by atoms with Crippen LogP contribution < -0.4 is 4.74 Å². The van der Waals surface area contributed by atoms with Gasteiger partial charge in [0.2, 0.25) is 10.0 Å². The van der Waals surface area contributed by atoms with Crippen molar-refractivity contribution in [3.63, 3.8) is 0 Å².